The Morgan fingerprint density at radius 1 is 0.914 bits per heavy atom. The molecule has 0 aliphatic heterocycles. The van der Waals surface area contributed by atoms with E-state index in [1.165, 1.54) is 12.8 Å². The van der Waals surface area contributed by atoms with Gasteiger partial charge >= 0.3 is 0 Å². The van der Waals surface area contributed by atoms with Crippen molar-refractivity contribution in [1.82, 2.24) is 14.7 Å². The SMILES string of the molecule is CCCCCCCC(=O)N(CC)CC(=O)Nc1c(-c2ccccc2)c(C)nn1-c1ccccc1C. The van der Waals surface area contributed by atoms with Crippen LogP contribution in [-0.2, 0) is 9.59 Å². The standard InChI is InChI=1S/C29H38N4O2/c1-5-7-8-9-13-20-27(35)32(6-2)21-26(34)30-29-28(24-17-11-10-12-18-24)23(4)31-33(29)25-19-15-14-16-22(25)3/h10-12,14-19H,5-9,13,20-21H2,1-4H3,(H,30,34). The summed E-state index contributed by atoms with van der Waals surface area (Å²) in [5.74, 6) is 0.431. The zero-order chi connectivity index (χ0) is 25.2. The molecule has 0 bridgehead atoms. The van der Waals surface area contributed by atoms with Gasteiger partial charge in [-0.15, -0.1) is 0 Å². The average molecular weight is 475 g/mol. The van der Waals surface area contributed by atoms with Crippen molar-refractivity contribution in [3.63, 3.8) is 0 Å². The maximum atomic E-state index is 13.2. The van der Waals surface area contributed by atoms with Crippen LogP contribution in [0, 0.1) is 13.8 Å². The summed E-state index contributed by atoms with van der Waals surface area (Å²) in [5.41, 5.74) is 4.65. The van der Waals surface area contributed by atoms with E-state index in [0.29, 0.717) is 18.8 Å². The van der Waals surface area contributed by atoms with E-state index in [-0.39, 0.29) is 18.4 Å². The predicted molar refractivity (Wildman–Crippen MR) is 143 cm³/mol. The summed E-state index contributed by atoms with van der Waals surface area (Å²) >= 11 is 0. The first-order valence-corrected chi connectivity index (χ1v) is 12.7. The zero-order valence-electron chi connectivity index (χ0n) is 21.5. The summed E-state index contributed by atoms with van der Waals surface area (Å²) in [7, 11) is 0. The highest BCUT2D eigenvalue weighted by atomic mass is 16.2. The highest BCUT2D eigenvalue weighted by Crippen LogP contribution is 2.34. The minimum atomic E-state index is -0.224. The van der Waals surface area contributed by atoms with Gasteiger partial charge in [-0.05, 0) is 44.4 Å². The summed E-state index contributed by atoms with van der Waals surface area (Å²) in [5, 5.41) is 7.89. The van der Waals surface area contributed by atoms with Crippen LogP contribution in [0.5, 0.6) is 0 Å². The van der Waals surface area contributed by atoms with Gasteiger partial charge < -0.3 is 10.2 Å². The van der Waals surface area contributed by atoms with Crippen molar-refractivity contribution in [3.8, 4) is 16.8 Å². The number of aryl methyl sites for hydroxylation is 2. The minimum Gasteiger partial charge on any atom is -0.334 e. The molecule has 35 heavy (non-hydrogen) atoms. The summed E-state index contributed by atoms with van der Waals surface area (Å²) in [6.45, 7) is 8.60. The predicted octanol–water partition coefficient (Wildman–Crippen LogP) is 6.30. The largest absolute Gasteiger partial charge is 0.334 e. The first-order chi connectivity index (χ1) is 17.0. The van der Waals surface area contributed by atoms with Gasteiger partial charge in [-0.25, -0.2) is 4.68 Å². The Labute approximate surface area is 209 Å². The highest BCUT2D eigenvalue weighted by molar-refractivity contribution is 5.98. The molecule has 3 rings (SSSR count). The van der Waals surface area contributed by atoms with E-state index in [2.05, 4.69) is 12.2 Å². The Balaban J connectivity index is 1.83. The van der Waals surface area contributed by atoms with Crippen molar-refractivity contribution in [2.45, 2.75) is 66.2 Å². The number of aromatic nitrogens is 2. The van der Waals surface area contributed by atoms with E-state index in [4.69, 9.17) is 5.10 Å². The third-order valence-electron chi connectivity index (χ3n) is 6.29. The van der Waals surface area contributed by atoms with E-state index in [1.54, 1.807) is 9.58 Å². The van der Waals surface area contributed by atoms with E-state index in [1.807, 2.05) is 75.4 Å². The summed E-state index contributed by atoms with van der Waals surface area (Å²) in [4.78, 5) is 27.6. The Hall–Kier alpha value is -3.41. The first kappa shape index (κ1) is 26.2. The van der Waals surface area contributed by atoms with Gasteiger partial charge in [0.1, 0.15) is 5.82 Å². The number of likely N-dealkylation sites (N-methyl/N-ethyl adjacent to an activating group) is 1. The number of carbonyl (C=O) groups is 2. The van der Waals surface area contributed by atoms with E-state index in [0.717, 1.165) is 47.3 Å². The molecule has 0 saturated carbocycles. The number of para-hydroxylation sites is 1. The lowest BCUT2D eigenvalue weighted by atomic mass is 10.1. The molecule has 0 fully saturated rings. The van der Waals surface area contributed by atoms with Crippen molar-refractivity contribution >= 4 is 17.6 Å². The molecule has 186 valence electrons. The lowest BCUT2D eigenvalue weighted by Gasteiger charge is -2.21. The van der Waals surface area contributed by atoms with Crippen LogP contribution in [0.4, 0.5) is 5.82 Å². The van der Waals surface area contributed by atoms with Crippen molar-refractivity contribution in [2.24, 2.45) is 0 Å². The van der Waals surface area contributed by atoms with Crippen molar-refractivity contribution in [2.75, 3.05) is 18.4 Å². The van der Waals surface area contributed by atoms with Gasteiger partial charge in [-0.2, -0.15) is 5.10 Å². The maximum absolute atomic E-state index is 13.2. The molecule has 0 aliphatic carbocycles. The number of benzene rings is 2. The highest BCUT2D eigenvalue weighted by Gasteiger charge is 2.22. The number of hydrogen-bond acceptors (Lipinski definition) is 3. The lowest BCUT2D eigenvalue weighted by Crippen LogP contribution is -2.38. The van der Waals surface area contributed by atoms with Crippen molar-refractivity contribution < 1.29 is 9.59 Å². The van der Waals surface area contributed by atoms with Crippen LogP contribution < -0.4 is 5.32 Å². The van der Waals surface area contributed by atoms with E-state index >= 15 is 0 Å². The Morgan fingerprint density at radius 3 is 2.29 bits per heavy atom. The molecule has 0 atom stereocenters. The molecule has 2 aromatic carbocycles. The second-order valence-electron chi connectivity index (χ2n) is 8.99. The molecule has 6 nitrogen and oxygen atoms in total. The van der Waals surface area contributed by atoms with E-state index in [9.17, 15) is 9.59 Å². The maximum Gasteiger partial charge on any atom is 0.245 e. The van der Waals surface area contributed by atoms with Gasteiger partial charge in [-0.1, -0.05) is 81.1 Å². The smallest absolute Gasteiger partial charge is 0.245 e. The average Bonchev–Trinajstić information content (AvgIpc) is 3.18. The normalized spacial score (nSPS) is 10.9. The van der Waals surface area contributed by atoms with Gasteiger partial charge in [-0.3, -0.25) is 9.59 Å². The van der Waals surface area contributed by atoms with Gasteiger partial charge in [0.05, 0.1) is 17.9 Å². The quantitative estimate of drug-likeness (QED) is 0.313. The van der Waals surface area contributed by atoms with Crippen LogP contribution in [0.3, 0.4) is 0 Å². The topological polar surface area (TPSA) is 67.2 Å². The fraction of sp³-hybridized carbons (Fsp3) is 0.414. The van der Waals surface area contributed by atoms with Gasteiger partial charge in [0.2, 0.25) is 11.8 Å². The molecule has 1 heterocycles. The number of rotatable bonds is 12. The molecule has 2 amide bonds. The molecular formula is C29H38N4O2. The molecule has 0 spiro atoms. The van der Waals surface area contributed by atoms with E-state index < -0.39 is 0 Å². The Morgan fingerprint density at radius 2 is 1.60 bits per heavy atom. The van der Waals surface area contributed by atoms with Crippen LogP contribution in [0.2, 0.25) is 0 Å². The third kappa shape index (κ3) is 6.81. The van der Waals surface area contributed by atoms with Crippen LogP contribution >= 0.6 is 0 Å². The molecule has 1 aromatic heterocycles. The third-order valence-corrected chi connectivity index (χ3v) is 6.29. The van der Waals surface area contributed by atoms with Crippen molar-refractivity contribution in [1.29, 1.82) is 0 Å². The van der Waals surface area contributed by atoms with Crippen LogP contribution in [0.15, 0.2) is 54.6 Å². The van der Waals surface area contributed by atoms with Crippen molar-refractivity contribution in [3.05, 3.63) is 65.9 Å². The van der Waals surface area contributed by atoms with Crippen LogP contribution in [-0.4, -0.2) is 39.6 Å². The molecule has 6 heteroatoms. The molecule has 0 radical (unpaired) electrons. The lowest BCUT2D eigenvalue weighted by molar-refractivity contribution is -0.134. The zero-order valence-corrected chi connectivity index (χ0v) is 21.5. The van der Waals surface area contributed by atoms with Gasteiger partial charge in [0.15, 0.2) is 0 Å². The van der Waals surface area contributed by atoms with Crippen LogP contribution in [0.25, 0.3) is 16.8 Å². The number of nitrogens with one attached hydrogen (secondary N) is 1. The molecule has 0 unspecified atom stereocenters. The second kappa shape index (κ2) is 12.9. The molecular weight excluding hydrogens is 436 g/mol. The Kier molecular flexibility index (Phi) is 9.65. The number of amides is 2. The number of hydrogen-bond donors (Lipinski definition) is 1. The monoisotopic (exact) mass is 474 g/mol. The van der Waals surface area contributed by atoms with Crippen LogP contribution in [0.1, 0.15) is 63.6 Å². The fourth-order valence-corrected chi connectivity index (χ4v) is 4.33. The number of carbonyl (C=O) groups excluding carboxylic acids is 2. The summed E-state index contributed by atoms with van der Waals surface area (Å²) < 4.78 is 1.80. The summed E-state index contributed by atoms with van der Waals surface area (Å²) in [6.07, 6.45) is 5.94. The number of anilines is 1. The molecule has 3 aromatic rings. The molecule has 0 saturated heterocycles. The molecule has 1 N–H and O–H groups in total. The Bertz CT molecular complexity index is 1120. The first-order valence-electron chi connectivity index (χ1n) is 12.7. The number of unbranched alkanes of at least 4 members (excludes halogenated alkanes) is 4. The van der Waals surface area contributed by atoms with Gasteiger partial charge in [0, 0.05) is 18.5 Å². The summed E-state index contributed by atoms with van der Waals surface area (Å²) in [6, 6.07) is 17.9. The minimum absolute atomic E-state index is 0.0243. The molecule has 0 aliphatic rings. The number of nitrogens with zero attached hydrogens (tertiary/aromatic N) is 3. The second-order valence-corrected chi connectivity index (χ2v) is 8.99. The fourth-order valence-electron chi connectivity index (χ4n) is 4.33. The van der Waals surface area contributed by atoms with Gasteiger partial charge in [0.25, 0.3) is 0 Å².